The molecule has 0 atom stereocenters. The largest absolute Gasteiger partial charge is 0.384 e. The van der Waals surface area contributed by atoms with E-state index >= 15 is 0 Å². The van der Waals surface area contributed by atoms with Crippen LogP contribution in [-0.4, -0.2) is 32.4 Å². The van der Waals surface area contributed by atoms with E-state index < -0.39 is 22.0 Å². The third-order valence-electron chi connectivity index (χ3n) is 4.62. The standard InChI is InChI=1S/C23H21N3O5S/c1-14-6-5-9-18(20(14)23(28)31-32(2,29)30)17-7-3-4-8-19(17)22(27)26-16-12-10-15(11-13-16)21(24)25/h3-13H,1-2H3,(H3,24,25)(H,26,27). The molecule has 3 aromatic carbocycles. The second kappa shape index (κ2) is 9.03. The lowest BCUT2D eigenvalue weighted by Gasteiger charge is -2.15. The minimum absolute atomic E-state index is 0.0592. The lowest BCUT2D eigenvalue weighted by molar-refractivity contribution is 0.0748. The molecular formula is C23H21N3O5S. The Morgan fingerprint density at radius 3 is 2.19 bits per heavy atom. The lowest BCUT2D eigenvalue weighted by atomic mass is 9.92. The molecule has 0 unspecified atom stereocenters. The zero-order chi connectivity index (χ0) is 23.5. The molecular weight excluding hydrogens is 430 g/mol. The molecule has 4 N–H and O–H groups in total. The molecule has 0 aromatic heterocycles. The second-order valence-electron chi connectivity index (χ2n) is 7.06. The summed E-state index contributed by atoms with van der Waals surface area (Å²) in [7, 11) is -4.02. The van der Waals surface area contributed by atoms with Crippen LogP contribution in [0, 0.1) is 12.3 Å². The Labute approximate surface area is 185 Å². The number of nitrogens with two attached hydrogens (primary N) is 1. The highest BCUT2D eigenvalue weighted by Gasteiger charge is 2.23. The van der Waals surface area contributed by atoms with Crippen molar-refractivity contribution in [1.29, 1.82) is 5.41 Å². The lowest BCUT2D eigenvalue weighted by Crippen LogP contribution is -2.16. The summed E-state index contributed by atoms with van der Waals surface area (Å²) < 4.78 is 27.6. The van der Waals surface area contributed by atoms with Crippen LogP contribution in [0.15, 0.2) is 66.7 Å². The van der Waals surface area contributed by atoms with Gasteiger partial charge in [0.15, 0.2) is 0 Å². The molecule has 8 nitrogen and oxygen atoms in total. The van der Waals surface area contributed by atoms with Gasteiger partial charge in [0, 0.05) is 16.8 Å². The topological polar surface area (TPSA) is 139 Å². The second-order valence-corrected chi connectivity index (χ2v) is 8.64. The van der Waals surface area contributed by atoms with Gasteiger partial charge in [0.25, 0.3) is 5.91 Å². The van der Waals surface area contributed by atoms with Gasteiger partial charge in [-0.2, -0.15) is 8.42 Å². The van der Waals surface area contributed by atoms with E-state index in [1.165, 1.54) is 0 Å². The average molecular weight is 452 g/mol. The Balaban J connectivity index is 2.02. The number of nitrogens with one attached hydrogen (secondary N) is 2. The maximum absolute atomic E-state index is 13.0. The molecule has 0 saturated heterocycles. The monoisotopic (exact) mass is 451 g/mol. The van der Waals surface area contributed by atoms with Crippen molar-refractivity contribution in [2.24, 2.45) is 5.73 Å². The SMILES string of the molecule is Cc1cccc(-c2ccccc2C(=O)Nc2ccc(C(=N)N)cc2)c1C(=O)OS(C)(=O)=O. The van der Waals surface area contributed by atoms with Gasteiger partial charge in [0.1, 0.15) is 5.84 Å². The summed E-state index contributed by atoms with van der Waals surface area (Å²) in [5.74, 6) is -1.53. The van der Waals surface area contributed by atoms with E-state index in [0.29, 0.717) is 27.9 Å². The van der Waals surface area contributed by atoms with Crippen LogP contribution < -0.4 is 11.1 Å². The predicted octanol–water partition coefficient (Wildman–Crippen LogP) is 3.31. The molecule has 0 radical (unpaired) electrons. The average Bonchev–Trinajstić information content (AvgIpc) is 2.72. The van der Waals surface area contributed by atoms with Crippen LogP contribution in [0.3, 0.4) is 0 Å². The first-order chi connectivity index (χ1) is 15.1. The smallest absolute Gasteiger partial charge is 0.354 e. The Morgan fingerprint density at radius 2 is 1.56 bits per heavy atom. The van der Waals surface area contributed by atoms with Crippen LogP contribution in [0.2, 0.25) is 0 Å². The number of carbonyl (C=O) groups is 2. The molecule has 0 aliphatic carbocycles. The van der Waals surface area contributed by atoms with Crippen molar-refractivity contribution in [1.82, 2.24) is 0 Å². The fourth-order valence-corrected chi connectivity index (χ4v) is 3.55. The number of anilines is 1. The van der Waals surface area contributed by atoms with Crippen LogP contribution in [0.1, 0.15) is 31.8 Å². The van der Waals surface area contributed by atoms with Crippen molar-refractivity contribution in [3.8, 4) is 11.1 Å². The van der Waals surface area contributed by atoms with Gasteiger partial charge in [-0.25, -0.2) is 4.79 Å². The quantitative estimate of drug-likeness (QED) is 0.298. The molecule has 0 aliphatic heterocycles. The molecule has 32 heavy (non-hydrogen) atoms. The van der Waals surface area contributed by atoms with Gasteiger partial charge < -0.3 is 15.2 Å². The Hall–Kier alpha value is -3.98. The summed E-state index contributed by atoms with van der Waals surface area (Å²) in [5, 5.41) is 10.2. The highest BCUT2D eigenvalue weighted by atomic mass is 32.2. The number of nitrogen functional groups attached to an aromatic ring is 1. The number of amides is 1. The summed E-state index contributed by atoms with van der Waals surface area (Å²) in [6, 6.07) is 18.1. The van der Waals surface area contributed by atoms with Crippen LogP contribution >= 0.6 is 0 Å². The number of benzene rings is 3. The zero-order valence-electron chi connectivity index (χ0n) is 17.4. The van der Waals surface area contributed by atoms with Crippen molar-refractivity contribution in [2.45, 2.75) is 6.92 Å². The maximum atomic E-state index is 13.0. The Kier molecular flexibility index (Phi) is 6.40. The number of aryl methyl sites for hydroxylation is 1. The van der Waals surface area contributed by atoms with E-state index in [1.54, 1.807) is 73.7 Å². The molecule has 0 saturated carbocycles. The molecule has 1 amide bonds. The van der Waals surface area contributed by atoms with E-state index in [2.05, 4.69) is 9.50 Å². The van der Waals surface area contributed by atoms with Gasteiger partial charge >= 0.3 is 16.1 Å². The van der Waals surface area contributed by atoms with Crippen molar-refractivity contribution in [3.05, 3.63) is 89.0 Å². The molecule has 9 heteroatoms. The molecule has 0 spiro atoms. The van der Waals surface area contributed by atoms with Crippen LogP contribution in [-0.2, 0) is 14.3 Å². The van der Waals surface area contributed by atoms with E-state index in [1.807, 2.05) is 0 Å². The van der Waals surface area contributed by atoms with Crippen LogP contribution in [0.5, 0.6) is 0 Å². The Morgan fingerprint density at radius 1 is 0.938 bits per heavy atom. The molecule has 3 rings (SSSR count). The molecule has 164 valence electrons. The van der Waals surface area contributed by atoms with E-state index in [-0.39, 0.29) is 17.0 Å². The maximum Gasteiger partial charge on any atom is 0.354 e. The molecule has 0 bridgehead atoms. The number of amidine groups is 1. The van der Waals surface area contributed by atoms with Gasteiger partial charge in [-0.3, -0.25) is 10.2 Å². The van der Waals surface area contributed by atoms with E-state index in [9.17, 15) is 18.0 Å². The van der Waals surface area contributed by atoms with E-state index in [0.717, 1.165) is 6.26 Å². The fraction of sp³-hybridized carbons (Fsp3) is 0.0870. The number of hydrogen-bond donors (Lipinski definition) is 3. The third kappa shape index (κ3) is 5.19. The number of hydrogen-bond acceptors (Lipinski definition) is 6. The first-order valence-corrected chi connectivity index (χ1v) is 11.3. The van der Waals surface area contributed by atoms with Crippen molar-refractivity contribution < 1.29 is 22.2 Å². The first kappa shape index (κ1) is 22.7. The van der Waals surface area contributed by atoms with Gasteiger partial charge in [-0.05, 0) is 53.9 Å². The summed E-state index contributed by atoms with van der Waals surface area (Å²) in [6.45, 7) is 1.65. The first-order valence-electron chi connectivity index (χ1n) is 9.45. The van der Waals surface area contributed by atoms with E-state index in [4.69, 9.17) is 11.1 Å². The normalized spacial score (nSPS) is 10.9. The summed E-state index contributed by atoms with van der Waals surface area (Å²) >= 11 is 0. The minimum atomic E-state index is -4.02. The highest BCUT2D eigenvalue weighted by Crippen LogP contribution is 2.30. The fourth-order valence-electron chi connectivity index (χ4n) is 3.19. The summed E-state index contributed by atoms with van der Waals surface area (Å²) in [6.07, 6.45) is 0.793. The third-order valence-corrected chi connectivity index (χ3v) is 5.07. The molecule has 0 aliphatic rings. The van der Waals surface area contributed by atoms with Crippen molar-refractivity contribution in [3.63, 3.8) is 0 Å². The van der Waals surface area contributed by atoms with Gasteiger partial charge in [0.05, 0.1) is 11.8 Å². The van der Waals surface area contributed by atoms with Crippen LogP contribution in [0.4, 0.5) is 5.69 Å². The van der Waals surface area contributed by atoms with Gasteiger partial charge in [-0.15, -0.1) is 0 Å². The minimum Gasteiger partial charge on any atom is -0.384 e. The predicted molar refractivity (Wildman–Crippen MR) is 122 cm³/mol. The summed E-state index contributed by atoms with van der Waals surface area (Å²) in [4.78, 5) is 25.6. The van der Waals surface area contributed by atoms with Gasteiger partial charge in [-0.1, -0.05) is 36.4 Å². The molecule has 3 aromatic rings. The Bertz CT molecular complexity index is 1320. The highest BCUT2D eigenvalue weighted by molar-refractivity contribution is 7.86. The summed E-state index contributed by atoms with van der Waals surface area (Å²) in [5.41, 5.74) is 8.13. The van der Waals surface area contributed by atoms with Crippen molar-refractivity contribution in [2.75, 3.05) is 11.6 Å². The molecule has 0 heterocycles. The van der Waals surface area contributed by atoms with Crippen molar-refractivity contribution >= 4 is 33.5 Å². The van der Waals surface area contributed by atoms with Crippen LogP contribution in [0.25, 0.3) is 11.1 Å². The van der Waals surface area contributed by atoms with Gasteiger partial charge in [0.2, 0.25) is 0 Å². The number of rotatable bonds is 6. The zero-order valence-corrected chi connectivity index (χ0v) is 18.2. The number of carbonyl (C=O) groups excluding carboxylic acids is 2. The molecule has 0 fully saturated rings.